The molecular weight excluding hydrogens is 199 g/mol. The molecular formula is C9H21O2PSi. The molecule has 0 aliphatic heterocycles. The van der Waals surface area contributed by atoms with Crippen molar-refractivity contribution in [1.29, 1.82) is 0 Å². The summed E-state index contributed by atoms with van der Waals surface area (Å²) in [6.07, 6.45) is 6.06. The highest BCUT2D eigenvalue weighted by atomic mass is 31.1. The third-order valence-corrected chi connectivity index (χ3v) is 6.84. The Morgan fingerprint density at radius 2 is 1.69 bits per heavy atom. The molecule has 13 heavy (non-hydrogen) atoms. The lowest BCUT2D eigenvalue weighted by molar-refractivity contribution is 0.444. The molecule has 1 saturated carbocycles. The van der Waals surface area contributed by atoms with Gasteiger partial charge in [-0.05, 0) is 32.5 Å². The zero-order valence-electron chi connectivity index (χ0n) is 8.93. The van der Waals surface area contributed by atoms with Crippen LogP contribution in [0.1, 0.15) is 32.1 Å². The summed E-state index contributed by atoms with van der Waals surface area (Å²) >= 11 is 0. The lowest BCUT2D eigenvalue weighted by Gasteiger charge is -2.25. The third-order valence-electron chi connectivity index (χ3n) is 2.35. The topological polar surface area (TPSA) is 26.3 Å². The van der Waals surface area contributed by atoms with Gasteiger partial charge in [-0.15, -0.1) is 0 Å². The SMILES string of the molecule is C[Si](C)(C)O[PH](=O)C1CCCCC1. The lowest BCUT2D eigenvalue weighted by atomic mass is 10.0. The number of rotatable bonds is 3. The van der Waals surface area contributed by atoms with E-state index < -0.39 is 16.3 Å². The van der Waals surface area contributed by atoms with Crippen molar-refractivity contribution in [3.05, 3.63) is 0 Å². The predicted molar refractivity (Wildman–Crippen MR) is 60.3 cm³/mol. The van der Waals surface area contributed by atoms with E-state index in [2.05, 4.69) is 19.6 Å². The maximum Gasteiger partial charge on any atom is 0.192 e. The highest BCUT2D eigenvalue weighted by Gasteiger charge is 2.25. The van der Waals surface area contributed by atoms with Crippen molar-refractivity contribution in [1.82, 2.24) is 0 Å². The molecule has 0 amide bonds. The van der Waals surface area contributed by atoms with Gasteiger partial charge in [0.15, 0.2) is 16.3 Å². The highest BCUT2D eigenvalue weighted by Crippen LogP contribution is 2.41. The molecule has 0 aromatic heterocycles. The van der Waals surface area contributed by atoms with E-state index in [0.29, 0.717) is 5.66 Å². The second-order valence-electron chi connectivity index (χ2n) is 4.87. The summed E-state index contributed by atoms with van der Waals surface area (Å²) in [6, 6.07) is 0. The van der Waals surface area contributed by atoms with Crippen LogP contribution in [0.2, 0.25) is 19.6 Å². The standard InChI is InChI=1S/C9H21O2PSi/c1-13(2,3)11-12(10)9-7-5-4-6-8-9/h9,12H,4-8H2,1-3H3. The van der Waals surface area contributed by atoms with Crippen LogP contribution >= 0.6 is 8.03 Å². The van der Waals surface area contributed by atoms with Crippen molar-refractivity contribution in [3.8, 4) is 0 Å². The van der Waals surface area contributed by atoms with Crippen LogP contribution in [0.3, 0.4) is 0 Å². The van der Waals surface area contributed by atoms with Gasteiger partial charge in [-0.1, -0.05) is 19.3 Å². The van der Waals surface area contributed by atoms with Crippen LogP contribution in [0.25, 0.3) is 0 Å². The summed E-state index contributed by atoms with van der Waals surface area (Å²) in [5.41, 5.74) is 0.394. The minimum Gasteiger partial charge on any atom is -0.372 e. The maximum atomic E-state index is 11.8. The first-order chi connectivity index (χ1) is 5.99. The van der Waals surface area contributed by atoms with Crippen LogP contribution < -0.4 is 0 Å². The van der Waals surface area contributed by atoms with Crippen molar-refractivity contribution in [2.45, 2.75) is 57.4 Å². The van der Waals surface area contributed by atoms with E-state index in [1.165, 1.54) is 19.3 Å². The molecule has 1 rings (SSSR count). The van der Waals surface area contributed by atoms with Crippen LogP contribution in [0.4, 0.5) is 0 Å². The molecule has 1 fully saturated rings. The van der Waals surface area contributed by atoms with Crippen molar-refractivity contribution < 1.29 is 8.78 Å². The Kier molecular flexibility index (Phi) is 4.21. The molecule has 0 saturated heterocycles. The summed E-state index contributed by atoms with van der Waals surface area (Å²) in [6.45, 7) is 6.33. The van der Waals surface area contributed by atoms with E-state index in [0.717, 1.165) is 12.8 Å². The molecule has 1 unspecified atom stereocenters. The minimum atomic E-state index is -1.74. The molecule has 2 nitrogen and oxygen atoms in total. The predicted octanol–water partition coefficient (Wildman–Crippen LogP) is 3.65. The third kappa shape index (κ3) is 4.43. The average molecular weight is 220 g/mol. The molecule has 0 aromatic carbocycles. The number of hydrogen-bond donors (Lipinski definition) is 0. The van der Waals surface area contributed by atoms with Gasteiger partial charge in [0, 0.05) is 5.66 Å². The zero-order valence-corrected chi connectivity index (χ0v) is 10.9. The Morgan fingerprint density at radius 3 is 2.15 bits per heavy atom. The Bertz CT molecular complexity index is 183. The van der Waals surface area contributed by atoms with Crippen LogP contribution in [-0.4, -0.2) is 14.0 Å². The van der Waals surface area contributed by atoms with Crippen LogP contribution in [0.5, 0.6) is 0 Å². The summed E-state index contributed by atoms with van der Waals surface area (Å²) < 4.78 is 17.5. The summed E-state index contributed by atoms with van der Waals surface area (Å²) in [4.78, 5) is 0. The van der Waals surface area contributed by atoms with Gasteiger partial charge in [-0.2, -0.15) is 0 Å². The first kappa shape index (κ1) is 11.5. The summed E-state index contributed by atoms with van der Waals surface area (Å²) in [5, 5.41) is 0. The Hall–Kier alpha value is 0.407. The van der Waals surface area contributed by atoms with Crippen molar-refractivity contribution in [2.75, 3.05) is 0 Å². The molecule has 78 valence electrons. The highest BCUT2D eigenvalue weighted by molar-refractivity contribution is 7.42. The maximum absolute atomic E-state index is 11.8. The largest absolute Gasteiger partial charge is 0.372 e. The monoisotopic (exact) mass is 220 g/mol. The summed E-state index contributed by atoms with van der Waals surface area (Å²) in [5.74, 6) is 0. The van der Waals surface area contributed by atoms with Crippen molar-refractivity contribution in [2.24, 2.45) is 0 Å². The van der Waals surface area contributed by atoms with E-state index >= 15 is 0 Å². The van der Waals surface area contributed by atoms with Crippen LogP contribution in [0.15, 0.2) is 0 Å². The first-order valence-corrected chi connectivity index (χ1v) is 10.0. The smallest absolute Gasteiger partial charge is 0.192 e. The van der Waals surface area contributed by atoms with E-state index in [9.17, 15) is 4.57 Å². The van der Waals surface area contributed by atoms with Crippen LogP contribution in [0, 0.1) is 0 Å². The van der Waals surface area contributed by atoms with Gasteiger partial charge >= 0.3 is 0 Å². The van der Waals surface area contributed by atoms with E-state index in [1.54, 1.807) is 0 Å². The van der Waals surface area contributed by atoms with Gasteiger partial charge in [0.05, 0.1) is 0 Å². The molecule has 0 N–H and O–H groups in total. The fraction of sp³-hybridized carbons (Fsp3) is 1.00. The fourth-order valence-electron chi connectivity index (χ4n) is 1.72. The first-order valence-electron chi connectivity index (χ1n) is 5.22. The van der Waals surface area contributed by atoms with E-state index in [1.807, 2.05) is 0 Å². The summed E-state index contributed by atoms with van der Waals surface area (Å²) in [7, 11) is -3.31. The molecule has 1 aliphatic carbocycles. The molecule has 1 atom stereocenters. The van der Waals surface area contributed by atoms with Gasteiger partial charge in [0.2, 0.25) is 0 Å². The van der Waals surface area contributed by atoms with Crippen molar-refractivity contribution in [3.63, 3.8) is 0 Å². The fourth-order valence-corrected chi connectivity index (χ4v) is 5.68. The van der Waals surface area contributed by atoms with Crippen molar-refractivity contribution >= 4 is 16.3 Å². The Labute approximate surface area is 83.1 Å². The van der Waals surface area contributed by atoms with Gasteiger partial charge in [-0.3, -0.25) is 4.57 Å². The average Bonchev–Trinajstić information content (AvgIpc) is 2.03. The molecule has 0 radical (unpaired) electrons. The quantitative estimate of drug-likeness (QED) is 0.536. The molecule has 1 aliphatic rings. The molecule has 0 aromatic rings. The lowest BCUT2D eigenvalue weighted by Crippen LogP contribution is -2.23. The normalized spacial score (nSPS) is 23.0. The Balaban J connectivity index is 2.38. The molecule has 4 heteroatoms. The van der Waals surface area contributed by atoms with Gasteiger partial charge in [0.25, 0.3) is 0 Å². The van der Waals surface area contributed by atoms with E-state index in [-0.39, 0.29) is 0 Å². The van der Waals surface area contributed by atoms with Gasteiger partial charge in [0.1, 0.15) is 0 Å². The second-order valence-corrected chi connectivity index (χ2v) is 11.4. The number of hydrogen-bond acceptors (Lipinski definition) is 2. The molecule has 0 bridgehead atoms. The van der Waals surface area contributed by atoms with Gasteiger partial charge in [-0.25, -0.2) is 0 Å². The van der Waals surface area contributed by atoms with Gasteiger partial charge < -0.3 is 4.21 Å². The van der Waals surface area contributed by atoms with E-state index in [4.69, 9.17) is 4.21 Å². The Morgan fingerprint density at radius 1 is 1.15 bits per heavy atom. The molecule has 0 spiro atoms. The minimum absolute atomic E-state index is 0.394. The second kappa shape index (κ2) is 4.76. The molecule has 0 heterocycles. The van der Waals surface area contributed by atoms with Crippen LogP contribution in [-0.2, 0) is 8.78 Å². The zero-order chi connectivity index (χ0) is 9.90.